The van der Waals surface area contributed by atoms with Crippen LogP contribution in [-0.2, 0) is 0 Å². The van der Waals surface area contributed by atoms with Crippen LogP contribution in [0.2, 0.25) is 0 Å². The molecule has 5 heteroatoms. The van der Waals surface area contributed by atoms with Gasteiger partial charge in [-0.2, -0.15) is 5.11 Å². The summed E-state index contributed by atoms with van der Waals surface area (Å²) in [4.78, 5) is 0. The number of phenolic OH excluding ortho intramolecular Hbond substituents is 1. The molecule has 1 N–H and O–H groups in total. The van der Waals surface area contributed by atoms with Gasteiger partial charge in [0.05, 0.1) is 22.7 Å². The van der Waals surface area contributed by atoms with Crippen molar-refractivity contribution in [3.63, 3.8) is 0 Å². The second kappa shape index (κ2) is 8.40. The molecule has 0 saturated heterocycles. The van der Waals surface area contributed by atoms with Gasteiger partial charge in [-0.25, -0.2) is 0 Å². The molecule has 0 atom stereocenters. The summed E-state index contributed by atoms with van der Waals surface area (Å²) in [6, 6.07) is 30.7. The molecule has 0 aliphatic heterocycles. The summed E-state index contributed by atoms with van der Waals surface area (Å²) in [5.41, 5.74) is 4.21. The predicted octanol–water partition coefficient (Wildman–Crippen LogP) is 8.84. The maximum Gasteiger partial charge on any atom is 0.123 e. The summed E-state index contributed by atoms with van der Waals surface area (Å²) >= 11 is 0. The number of rotatable bonds is 4. The van der Waals surface area contributed by atoms with Crippen molar-refractivity contribution in [2.45, 2.75) is 6.92 Å². The van der Waals surface area contributed by atoms with Crippen molar-refractivity contribution < 1.29 is 5.11 Å². The number of hydrogen-bond acceptors (Lipinski definition) is 5. The zero-order valence-corrected chi connectivity index (χ0v) is 17.5. The second-order valence-electron chi connectivity index (χ2n) is 7.53. The molecule has 0 radical (unpaired) electrons. The number of fused-ring (bicyclic) bond motifs is 2. The van der Waals surface area contributed by atoms with E-state index in [1.807, 2.05) is 91.9 Å². The lowest BCUT2D eigenvalue weighted by Gasteiger charge is -2.05. The maximum atomic E-state index is 10.1. The van der Waals surface area contributed by atoms with Gasteiger partial charge < -0.3 is 5.11 Å². The molecule has 0 aliphatic carbocycles. The average molecular weight is 416 g/mol. The van der Waals surface area contributed by atoms with Crippen LogP contribution in [0.4, 0.5) is 22.7 Å². The van der Waals surface area contributed by atoms with Gasteiger partial charge >= 0.3 is 0 Å². The number of hydrogen-bond donors (Lipinski definition) is 1. The van der Waals surface area contributed by atoms with Crippen molar-refractivity contribution in [3.05, 3.63) is 103 Å². The summed E-state index contributed by atoms with van der Waals surface area (Å²) in [6.07, 6.45) is 0. The SMILES string of the molecule is Cc1ccc(N=Nc2ccc(N=Nc3ccc(O)c4ccccc34)c3ccccc23)cc1. The Labute approximate surface area is 185 Å². The normalized spacial score (nSPS) is 11.8. The van der Waals surface area contributed by atoms with Crippen LogP contribution >= 0.6 is 0 Å². The first-order valence-corrected chi connectivity index (χ1v) is 10.3. The van der Waals surface area contributed by atoms with Crippen LogP contribution in [0.25, 0.3) is 21.5 Å². The smallest absolute Gasteiger partial charge is 0.123 e. The number of phenols is 1. The van der Waals surface area contributed by atoms with E-state index in [1.165, 1.54) is 5.56 Å². The van der Waals surface area contributed by atoms with Crippen molar-refractivity contribution in [3.8, 4) is 5.75 Å². The van der Waals surface area contributed by atoms with Crippen molar-refractivity contribution in [1.29, 1.82) is 0 Å². The molecule has 0 aromatic heterocycles. The van der Waals surface area contributed by atoms with Crippen LogP contribution in [0.1, 0.15) is 5.56 Å². The minimum Gasteiger partial charge on any atom is -0.507 e. The molecule has 5 nitrogen and oxygen atoms in total. The Hall–Kier alpha value is -4.38. The lowest BCUT2D eigenvalue weighted by atomic mass is 10.1. The van der Waals surface area contributed by atoms with Gasteiger partial charge in [0.25, 0.3) is 0 Å². The molecule has 0 fully saturated rings. The largest absolute Gasteiger partial charge is 0.507 e. The fourth-order valence-corrected chi connectivity index (χ4v) is 3.63. The Bertz CT molecular complexity index is 1490. The van der Waals surface area contributed by atoms with Crippen LogP contribution in [-0.4, -0.2) is 5.11 Å². The van der Waals surface area contributed by atoms with E-state index in [9.17, 15) is 5.11 Å². The highest BCUT2D eigenvalue weighted by atomic mass is 16.3. The van der Waals surface area contributed by atoms with Gasteiger partial charge in [0.15, 0.2) is 0 Å². The Kier molecular flexibility index (Phi) is 5.14. The van der Waals surface area contributed by atoms with Gasteiger partial charge in [0.2, 0.25) is 0 Å². The highest BCUT2D eigenvalue weighted by Gasteiger charge is 2.07. The van der Waals surface area contributed by atoms with Gasteiger partial charge in [0.1, 0.15) is 5.75 Å². The molecule has 0 saturated carbocycles. The fourth-order valence-electron chi connectivity index (χ4n) is 3.63. The summed E-state index contributed by atoms with van der Waals surface area (Å²) in [7, 11) is 0. The van der Waals surface area contributed by atoms with Gasteiger partial charge in [0, 0.05) is 21.5 Å². The number of aryl methyl sites for hydroxylation is 1. The Morgan fingerprint density at radius 1 is 0.469 bits per heavy atom. The number of aromatic hydroxyl groups is 1. The monoisotopic (exact) mass is 416 g/mol. The molecule has 0 aliphatic rings. The first-order chi connectivity index (χ1) is 15.7. The van der Waals surface area contributed by atoms with E-state index in [0.717, 1.165) is 38.6 Å². The molecule has 32 heavy (non-hydrogen) atoms. The third-order valence-corrected chi connectivity index (χ3v) is 5.33. The maximum absolute atomic E-state index is 10.1. The fraction of sp³-hybridized carbons (Fsp3) is 0.0370. The summed E-state index contributed by atoms with van der Waals surface area (Å²) in [6.45, 7) is 2.04. The zero-order valence-electron chi connectivity index (χ0n) is 17.5. The van der Waals surface area contributed by atoms with E-state index in [2.05, 4.69) is 20.5 Å². The van der Waals surface area contributed by atoms with Crippen LogP contribution in [0.15, 0.2) is 118 Å². The molecule has 5 aromatic carbocycles. The Morgan fingerprint density at radius 3 is 1.47 bits per heavy atom. The first kappa shape index (κ1) is 19.6. The number of nitrogens with zero attached hydrogens (tertiary/aromatic N) is 4. The van der Waals surface area contributed by atoms with Crippen LogP contribution in [0.5, 0.6) is 5.75 Å². The molecule has 0 unspecified atom stereocenters. The van der Waals surface area contributed by atoms with E-state index in [-0.39, 0.29) is 5.75 Å². The minimum absolute atomic E-state index is 0.230. The highest BCUT2D eigenvalue weighted by Crippen LogP contribution is 2.37. The lowest BCUT2D eigenvalue weighted by Crippen LogP contribution is -1.77. The molecular formula is C27H20N4O. The molecule has 154 valence electrons. The van der Waals surface area contributed by atoms with E-state index >= 15 is 0 Å². The molecule has 0 heterocycles. The quantitative estimate of drug-likeness (QED) is 0.292. The average Bonchev–Trinajstić information content (AvgIpc) is 2.84. The third kappa shape index (κ3) is 3.84. The Morgan fingerprint density at radius 2 is 0.906 bits per heavy atom. The summed E-state index contributed by atoms with van der Waals surface area (Å²) < 4.78 is 0. The topological polar surface area (TPSA) is 69.7 Å². The lowest BCUT2D eigenvalue weighted by molar-refractivity contribution is 0.481. The van der Waals surface area contributed by atoms with Crippen LogP contribution in [0.3, 0.4) is 0 Å². The first-order valence-electron chi connectivity index (χ1n) is 10.3. The standard InChI is InChI=1S/C27H20N4O/c1-18-10-12-19(13-11-18)28-29-24-14-15-25(21-7-3-2-6-20(21)24)30-31-26-16-17-27(32)23-9-5-4-8-22(23)26/h2-17,32H,1H3. The predicted molar refractivity (Wildman–Crippen MR) is 129 cm³/mol. The van der Waals surface area contributed by atoms with Gasteiger partial charge in [-0.1, -0.05) is 66.2 Å². The highest BCUT2D eigenvalue weighted by molar-refractivity contribution is 6.00. The van der Waals surface area contributed by atoms with Gasteiger partial charge in [-0.05, 0) is 43.3 Å². The van der Waals surface area contributed by atoms with E-state index in [0.29, 0.717) is 5.69 Å². The number of benzene rings is 5. The van der Waals surface area contributed by atoms with E-state index < -0.39 is 0 Å². The number of azo groups is 2. The van der Waals surface area contributed by atoms with Crippen molar-refractivity contribution >= 4 is 44.3 Å². The van der Waals surface area contributed by atoms with Crippen LogP contribution < -0.4 is 0 Å². The van der Waals surface area contributed by atoms with Gasteiger partial charge in [-0.15, -0.1) is 15.3 Å². The molecule has 0 spiro atoms. The third-order valence-electron chi connectivity index (χ3n) is 5.33. The molecule has 5 rings (SSSR count). The van der Waals surface area contributed by atoms with Gasteiger partial charge in [-0.3, -0.25) is 0 Å². The van der Waals surface area contributed by atoms with Crippen LogP contribution in [0, 0.1) is 6.92 Å². The Balaban J connectivity index is 1.53. The molecular weight excluding hydrogens is 396 g/mol. The van der Waals surface area contributed by atoms with Crippen molar-refractivity contribution in [2.24, 2.45) is 20.5 Å². The molecule has 0 bridgehead atoms. The zero-order chi connectivity index (χ0) is 21.9. The van der Waals surface area contributed by atoms with E-state index in [4.69, 9.17) is 0 Å². The summed E-state index contributed by atoms with van der Waals surface area (Å²) in [5.74, 6) is 0.230. The summed E-state index contributed by atoms with van der Waals surface area (Å²) in [5, 5.41) is 31.5. The van der Waals surface area contributed by atoms with E-state index in [1.54, 1.807) is 12.1 Å². The minimum atomic E-state index is 0.230. The van der Waals surface area contributed by atoms with Crippen molar-refractivity contribution in [1.82, 2.24) is 0 Å². The van der Waals surface area contributed by atoms with Crippen molar-refractivity contribution in [2.75, 3.05) is 0 Å². The molecule has 5 aromatic rings. The molecule has 0 amide bonds. The second-order valence-corrected chi connectivity index (χ2v) is 7.53.